The number of fused-ring (bicyclic) bond motifs is 1. The van der Waals surface area contributed by atoms with E-state index in [9.17, 15) is 14.0 Å². The number of rotatable bonds is 5. The Balaban J connectivity index is 1.80. The molecule has 2 aromatic carbocycles. The van der Waals surface area contributed by atoms with E-state index >= 15 is 0 Å². The van der Waals surface area contributed by atoms with Crippen LogP contribution in [0.4, 0.5) is 10.3 Å². The molecule has 31 heavy (non-hydrogen) atoms. The fraction of sp³-hybridized carbons (Fsp3) is 0.143. The van der Waals surface area contributed by atoms with Gasteiger partial charge in [-0.1, -0.05) is 35.9 Å². The standard InChI is InChI=1S/C21H18ClFN6O2/c1-27-18-17(19(30)28(2)21(27)31)29(12-14-5-9-16(23)10-6-14)20(25-18)26-24-11-13-3-7-15(22)8-4-13/h3-11H,12H2,1-2H3,(H,25,26)/b24-11+. The number of hydrogen-bond donors (Lipinski definition) is 1. The van der Waals surface area contributed by atoms with Gasteiger partial charge in [0.15, 0.2) is 11.2 Å². The first-order valence-electron chi connectivity index (χ1n) is 9.30. The Labute approximate surface area is 180 Å². The van der Waals surface area contributed by atoms with Crippen LogP contribution in [-0.4, -0.2) is 24.9 Å². The van der Waals surface area contributed by atoms with Crippen molar-refractivity contribution < 1.29 is 4.39 Å². The van der Waals surface area contributed by atoms with Crippen LogP contribution in [0.5, 0.6) is 0 Å². The van der Waals surface area contributed by atoms with E-state index in [4.69, 9.17) is 11.6 Å². The van der Waals surface area contributed by atoms with E-state index in [-0.39, 0.29) is 29.5 Å². The van der Waals surface area contributed by atoms with Gasteiger partial charge in [-0.15, -0.1) is 0 Å². The molecule has 0 saturated heterocycles. The van der Waals surface area contributed by atoms with E-state index in [2.05, 4.69) is 15.5 Å². The van der Waals surface area contributed by atoms with Gasteiger partial charge in [0, 0.05) is 19.1 Å². The number of aryl methyl sites for hydroxylation is 1. The van der Waals surface area contributed by atoms with E-state index in [1.54, 1.807) is 54.2 Å². The number of hydrazone groups is 1. The Hall–Kier alpha value is -3.72. The molecule has 1 N–H and O–H groups in total. The van der Waals surface area contributed by atoms with Gasteiger partial charge in [-0.05, 0) is 35.4 Å². The molecule has 0 aliphatic heterocycles. The van der Waals surface area contributed by atoms with Crippen LogP contribution >= 0.6 is 11.6 Å². The zero-order chi connectivity index (χ0) is 22.1. The van der Waals surface area contributed by atoms with Crippen molar-refractivity contribution >= 4 is 34.9 Å². The molecule has 0 amide bonds. The van der Waals surface area contributed by atoms with Gasteiger partial charge in [-0.3, -0.25) is 18.5 Å². The van der Waals surface area contributed by atoms with Gasteiger partial charge in [-0.25, -0.2) is 14.6 Å². The lowest BCUT2D eigenvalue weighted by Gasteiger charge is -2.09. The minimum absolute atomic E-state index is 0.222. The normalized spacial score (nSPS) is 11.5. The summed E-state index contributed by atoms with van der Waals surface area (Å²) < 4.78 is 17.2. The lowest BCUT2D eigenvalue weighted by atomic mass is 10.2. The van der Waals surface area contributed by atoms with Crippen molar-refractivity contribution in [2.45, 2.75) is 6.54 Å². The van der Waals surface area contributed by atoms with Crippen molar-refractivity contribution in [2.75, 3.05) is 5.43 Å². The van der Waals surface area contributed by atoms with Crippen molar-refractivity contribution in [3.05, 3.63) is 91.3 Å². The van der Waals surface area contributed by atoms with E-state index in [0.29, 0.717) is 5.02 Å². The molecule has 2 heterocycles. The third kappa shape index (κ3) is 3.99. The molecule has 2 aromatic heterocycles. The molecule has 0 aliphatic rings. The van der Waals surface area contributed by atoms with Crippen LogP contribution in [-0.2, 0) is 20.6 Å². The molecule has 0 aliphatic carbocycles. The second-order valence-corrected chi connectivity index (χ2v) is 7.38. The summed E-state index contributed by atoms with van der Waals surface area (Å²) in [7, 11) is 2.95. The van der Waals surface area contributed by atoms with Gasteiger partial charge in [0.05, 0.1) is 12.8 Å². The number of hydrogen-bond acceptors (Lipinski definition) is 5. The third-order valence-electron chi connectivity index (χ3n) is 4.85. The molecular formula is C21H18ClFN6O2. The molecule has 4 aromatic rings. The van der Waals surface area contributed by atoms with Gasteiger partial charge in [-0.2, -0.15) is 10.1 Å². The van der Waals surface area contributed by atoms with E-state index in [1.165, 1.54) is 23.7 Å². The zero-order valence-corrected chi connectivity index (χ0v) is 17.5. The Morgan fingerprint density at radius 3 is 2.42 bits per heavy atom. The molecule has 0 atom stereocenters. The molecule has 4 rings (SSSR count). The van der Waals surface area contributed by atoms with E-state index < -0.39 is 11.2 Å². The highest BCUT2D eigenvalue weighted by Crippen LogP contribution is 2.18. The molecule has 10 heteroatoms. The smallest absolute Gasteiger partial charge is 0.298 e. The lowest BCUT2D eigenvalue weighted by Crippen LogP contribution is -2.37. The van der Waals surface area contributed by atoms with E-state index in [1.807, 2.05) is 0 Å². The average molecular weight is 441 g/mol. The quantitative estimate of drug-likeness (QED) is 0.382. The number of anilines is 1. The van der Waals surface area contributed by atoms with Gasteiger partial charge < -0.3 is 0 Å². The molecule has 8 nitrogen and oxygen atoms in total. The maximum Gasteiger partial charge on any atom is 0.332 e. The molecule has 0 unspecified atom stereocenters. The summed E-state index contributed by atoms with van der Waals surface area (Å²) in [5.41, 5.74) is 3.89. The van der Waals surface area contributed by atoms with Crippen LogP contribution in [0.15, 0.2) is 63.2 Å². The first kappa shape index (κ1) is 20.5. The fourth-order valence-electron chi connectivity index (χ4n) is 3.17. The Morgan fingerprint density at radius 2 is 1.74 bits per heavy atom. The average Bonchev–Trinajstić information content (AvgIpc) is 3.12. The number of benzene rings is 2. The van der Waals surface area contributed by atoms with E-state index in [0.717, 1.165) is 15.7 Å². The van der Waals surface area contributed by atoms with Crippen LogP contribution in [0.2, 0.25) is 5.02 Å². The summed E-state index contributed by atoms with van der Waals surface area (Å²) in [4.78, 5) is 29.6. The van der Waals surface area contributed by atoms with Crippen molar-refractivity contribution in [1.29, 1.82) is 0 Å². The molecule has 0 radical (unpaired) electrons. The molecule has 0 fully saturated rings. The number of nitrogens with zero attached hydrogens (tertiary/aromatic N) is 5. The van der Waals surface area contributed by atoms with Crippen molar-refractivity contribution in [1.82, 2.24) is 18.7 Å². The van der Waals surface area contributed by atoms with Crippen LogP contribution in [0.25, 0.3) is 11.2 Å². The molecular weight excluding hydrogens is 423 g/mol. The first-order valence-corrected chi connectivity index (χ1v) is 9.68. The number of aromatic nitrogens is 4. The summed E-state index contributed by atoms with van der Waals surface area (Å²) in [5.74, 6) is -0.0914. The minimum Gasteiger partial charge on any atom is -0.298 e. The highest BCUT2D eigenvalue weighted by atomic mass is 35.5. The summed E-state index contributed by atoms with van der Waals surface area (Å²) in [6.45, 7) is 0.225. The zero-order valence-electron chi connectivity index (χ0n) is 16.7. The predicted molar refractivity (Wildman–Crippen MR) is 118 cm³/mol. The number of halogens is 2. The second-order valence-electron chi connectivity index (χ2n) is 6.95. The number of imidazole rings is 1. The topological polar surface area (TPSA) is 86.2 Å². The minimum atomic E-state index is -0.486. The van der Waals surface area contributed by atoms with Crippen molar-refractivity contribution in [3.8, 4) is 0 Å². The maximum atomic E-state index is 13.3. The van der Waals surface area contributed by atoms with Crippen LogP contribution in [0.3, 0.4) is 0 Å². The van der Waals surface area contributed by atoms with Crippen molar-refractivity contribution in [3.63, 3.8) is 0 Å². The Morgan fingerprint density at radius 1 is 1.06 bits per heavy atom. The van der Waals surface area contributed by atoms with Crippen LogP contribution < -0.4 is 16.7 Å². The number of nitrogens with one attached hydrogen (secondary N) is 1. The second kappa shape index (κ2) is 8.19. The SMILES string of the molecule is Cn1c(=O)c2c(nc(N/N=C/c3ccc(Cl)cc3)n2Cc2ccc(F)cc2)n(C)c1=O. The highest BCUT2D eigenvalue weighted by molar-refractivity contribution is 6.30. The summed E-state index contributed by atoms with van der Waals surface area (Å²) in [5, 5.41) is 4.81. The Kier molecular flexibility index (Phi) is 5.43. The summed E-state index contributed by atoms with van der Waals surface area (Å²) in [6, 6.07) is 13.0. The first-order chi connectivity index (χ1) is 14.8. The van der Waals surface area contributed by atoms with Gasteiger partial charge in [0.2, 0.25) is 5.95 Å². The predicted octanol–water partition coefficient (Wildman–Crippen LogP) is 2.72. The summed E-state index contributed by atoms with van der Waals surface area (Å²) in [6.07, 6.45) is 1.58. The monoisotopic (exact) mass is 440 g/mol. The Bertz CT molecular complexity index is 1400. The molecule has 158 valence electrons. The maximum absolute atomic E-state index is 13.3. The largest absolute Gasteiger partial charge is 0.332 e. The fourth-order valence-corrected chi connectivity index (χ4v) is 3.30. The molecule has 0 bridgehead atoms. The van der Waals surface area contributed by atoms with Gasteiger partial charge in [0.25, 0.3) is 5.56 Å². The lowest BCUT2D eigenvalue weighted by molar-refractivity contribution is 0.626. The van der Waals surface area contributed by atoms with Crippen LogP contribution in [0.1, 0.15) is 11.1 Å². The molecule has 0 saturated carbocycles. The summed E-state index contributed by atoms with van der Waals surface area (Å²) >= 11 is 5.89. The molecule has 0 spiro atoms. The van der Waals surface area contributed by atoms with Crippen LogP contribution in [0, 0.1) is 5.82 Å². The third-order valence-corrected chi connectivity index (χ3v) is 5.10. The highest BCUT2D eigenvalue weighted by Gasteiger charge is 2.19. The van der Waals surface area contributed by atoms with Gasteiger partial charge >= 0.3 is 5.69 Å². The van der Waals surface area contributed by atoms with Gasteiger partial charge in [0.1, 0.15) is 5.82 Å². The van der Waals surface area contributed by atoms with Crippen molar-refractivity contribution in [2.24, 2.45) is 19.2 Å².